The van der Waals surface area contributed by atoms with Crippen LogP contribution in [0.2, 0.25) is 0 Å². The molecular weight excluding hydrogens is 266 g/mol. The van der Waals surface area contributed by atoms with E-state index in [1.165, 1.54) is 0 Å². The summed E-state index contributed by atoms with van der Waals surface area (Å²) in [5, 5.41) is 6.52. The number of rotatable bonds is 6. The smallest absolute Gasteiger partial charge is 0.407 e. The zero-order valence-electron chi connectivity index (χ0n) is 14.2. The van der Waals surface area contributed by atoms with Gasteiger partial charge in [0.15, 0.2) is 0 Å². The standard InChI is InChI=1S/C16H33N3O2/c1-11(2)8-14(19-13-7-6-12(17)9-13)10-18-15(20)21-16(3,4)5/h11-14,19H,6-10,17H2,1-5H3,(H,18,20). The monoisotopic (exact) mass is 299 g/mol. The molecule has 0 saturated heterocycles. The van der Waals surface area contributed by atoms with Gasteiger partial charge >= 0.3 is 6.09 Å². The first-order chi connectivity index (χ1) is 9.65. The summed E-state index contributed by atoms with van der Waals surface area (Å²) in [5.74, 6) is 0.581. The fraction of sp³-hybridized carbons (Fsp3) is 0.938. The molecule has 0 aromatic rings. The van der Waals surface area contributed by atoms with Crippen LogP contribution in [-0.2, 0) is 4.74 Å². The minimum atomic E-state index is -0.455. The van der Waals surface area contributed by atoms with E-state index in [0.717, 1.165) is 25.7 Å². The highest BCUT2D eigenvalue weighted by Gasteiger charge is 2.25. The molecule has 0 radical (unpaired) electrons. The molecular formula is C16H33N3O2. The molecule has 5 heteroatoms. The van der Waals surface area contributed by atoms with E-state index < -0.39 is 5.60 Å². The van der Waals surface area contributed by atoms with Gasteiger partial charge < -0.3 is 21.1 Å². The molecule has 1 aliphatic rings. The molecule has 1 saturated carbocycles. The second-order valence-electron chi connectivity index (χ2n) is 7.65. The third kappa shape index (κ3) is 8.27. The molecule has 0 aromatic carbocycles. The largest absolute Gasteiger partial charge is 0.444 e. The molecule has 0 aromatic heterocycles. The molecule has 0 heterocycles. The maximum absolute atomic E-state index is 11.8. The van der Waals surface area contributed by atoms with Gasteiger partial charge in [0.1, 0.15) is 5.60 Å². The van der Waals surface area contributed by atoms with Crippen molar-refractivity contribution >= 4 is 6.09 Å². The molecule has 1 amide bonds. The van der Waals surface area contributed by atoms with Crippen molar-refractivity contribution in [1.29, 1.82) is 0 Å². The lowest BCUT2D eigenvalue weighted by atomic mass is 10.0. The Kier molecular flexibility index (Phi) is 6.94. The van der Waals surface area contributed by atoms with Gasteiger partial charge in [-0.3, -0.25) is 0 Å². The number of nitrogens with one attached hydrogen (secondary N) is 2. The summed E-state index contributed by atoms with van der Waals surface area (Å²) in [4.78, 5) is 11.8. The van der Waals surface area contributed by atoms with Crippen LogP contribution in [0.1, 0.15) is 60.3 Å². The average Bonchev–Trinajstić information content (AvgIpc) is 2.68. The van der Waals surface area contributed by atoms with Gasteiger partial charge in [0, 0.05) is 24.7 Å². The third-order valence-electron chi connectivity index (χ3n) is 3.59. The maximum Gasteiger partial charge on any atom is 0.407 e. The molecule has 1 aliphatic carbocycles. The van der Waals surface area contributed by atoms with Crippen molar-refractivity contribution in [3.05, 3.63) is 0 Å². The van der Waals surface area contributed by atoms with Crippen LogP contribution in [0.4, 0.5) is 4.79 Å². The number of amides is 1. The lowest BCUT2D eigenvalue weighted by molar-refractivity contribution is 0.0520. The van der Waals surface area contributed by atoms with E-state index in [0.29, 0.717) is 24.5 Å². The van der Waals surface area contributed by atoms with Crippen LogP contribution in [0.15, 0.2) is 0 Å². The van der Waals surface area contributed by atoms with Gasteiger partial charge in [-0.05, 0) is 52.4 Å². The van der Waals surface area contributed by atoms with E-state index in [9.17, 15) is 4.79 Å². The molecule has 3 atom stereocenters. The summed E-state index contributed by atoms with van der Waals surface area (Å²) in [5.41, 5.74) is 5.51. The van der Waals surface area contributed by atoms with Crippen molar-refractivity contribution in [2.24, 2.45) is 11.7 Å². The van der Waals surface area contributed by atoms with E-state index in [-0.39, 0.29) is 12.1 Å². The van der Waals surface area contributed by atoms with E-state index in [2.05, 4.69) is 24.5 Å². The Morgan fingerprint density at radius 2 is 2.00 bits per heavy atom. The summed E-state index contributed by atoms with van der Waals surface area (Å²) in [6.07, 6.45) is 3.93. The topological polar surface area (TPSA) is 76.4 Å². The van der Waals surface area contributed by atoms with Crippen LogP contribution < -0.4 is 16.4 Å². The summed E-state index contributed by atoms with van der Waals surface area (Å²) in [6, 6.07) is 1.07. The van der Waals surface area contributed by atoms with Gasteiger partial charge in [-0.15, -0.1) is 0 Å². The Hall–Kier alpha value is -0.810. The van der Waals surface area contributed by atoms with Crippen LogP contribution >= 0.6 is 0 Å². The van der Waals surface area contributed by atoms with Crippen molar-refractivity contribution in [2.45, 2.75) is 84.0 Å². The van der Waals surface area contributed by atoms with E-state index in [4.69, 9.17) is 10.5 Å². The predicted octanol–water partition coefficient (Wildman–Crippen LogP) is 2.40. The fourth-order valence-corrected chi connectivity index (χ4v) is 2.80. The molecule has 1 fully saturated rings. The lowest BCUT2D eigenvalue weighted by Gasteiger charge is -2.26. The maximum atomic E-state index is 11.8. The van der Waals surface area contributed by atoms with Gasteiger partial charge in [0.25, 0.3) is 0 Å². The summed E-state index contributed by atoms with van der Waals surface area (Å²) in [6.45, 7) is 10.6. The molecule has 124 valence electrons. The van der Waals surface area contributed by atoms with Crippen molar-refractivity contribution in [1.82, 2.24) is 10.6 Å². The third-order valence-corrected chi connectivity index (χ3v) is 3.59. The number of nitrogens with two attached hydrogens (primary N) is 1. The number of carbonyl (C=O) groups is 1. The van der Waals surface area contributed by atoms with Crippen LogP contribution in [0, 0.1) is 5.92 Å². The van der Waals surface area contributed by atoms with Crippen LogP contribution in [0.3, 0.4) is 0 Å². The molecule has 4 N–H and O–H groups in total. The number of carbonyl (C=O) groups excluding carboxylic acids is 1. The van der Waals surface area contributed by atoms with Crippen LogP contribution in [0.25, 0.3) is 0 Å². The zero-order valence-corrected chi connectivity index (χ0v) is 14.2. The number of hydrogen-bond acceptors (Lipinski definition) is 4. The van der Waals surface area contributed by atoms with Gasteiger partial charge in [-0.25, -0.2) is 4.79 Å². The van der Waals surface area contributed by atoms with Crippen molar-refractivity contribution < 1.29 is 9.53 Å². The van der Waals surface area contributed by atoms with Gasteiger partial charge in [-0.2, -0.15) is 0 Å². The Morgan fingerprint density at radius 1 is 1.33 bits per heavy atom. The number of ether oxygens (including phenoxy) is 1. The quantitative estimate of drug-likeness (QED) is 0.704. The van der Waals surface area contributed by atoms with Gasteiger partial charge in [0.05, 0.1) is 0 Å². The highest BCUT2D eigenvalue weighted by molar-refractivity contribution is 5.67. The van der Waals surface area contributed by atoms with Crippen molar-refractivity contribution in [3.8, 4) is 0 Å². The zero-order chi connectivity index (χ0) is 16.0. The SMILES string of the molecule is CC(C)CC(CNC(=O)OC(C)(C)C)NC1CCC(N)C1. The number of hydrogen-bond donors (Lipinski definition) is 3. The molecule has 0 bridgehead atoms. The molecule has 0 aliphatic heterocycles. The molecule has 21 heavy (non-hydrogen) atoms. The van der Waals surface area contributed by atoms with Gasteiger partial charge in [0.2, 0.25) is 0 Å². The van der Waals surface area contributed by atoms with Gasteiger partial charge in [-0.1, -0.05) is 13.8 Å². The lowest BCUT2D eigenvalue weighted by Crippen LogP contribution is -2.46. The van der Waals surface area contributed by atoms with E-state index in [1.807, 2.05) is 20.8 Å². The van der Waals surface area contributed by atoms with E-state index >= 15 is 0 Å². The first-order valence-electron chi connectivity index (χ1n) is 8.14. The van der Waals surface area contributed by atoms with Crippen molar-refractivity contribution in [2.75, 3.05) is 6.54 Å². The Morgan fingerprint density at radius 3 is 2.48 bits per heavy atom. The predicted molar refractivity (Wildman–Crippen MR) is 86.2 cm³/mol. The highest BCUT2D eigenvalue weighted by Crippen LogP contribution is 2.18. The molecule has 3 unspecified atom stereocenters. The van der Waals surface area contributed by atoms with E-state index in [1.54, 1.807) is 0 Å². The summed E-state index contributed by atoms with van der Waals surface area (Å²) >= 11 is 0. The molecule has 0 spiro atoms. The average molecular weight is 299 g/mol. The van der Waals surface area contributed by atoms with Crippen molar-refractivity contribution in [3.63, 3.8) is 0 Å². The Bertz CT molecular complexity index is 326. The Balaban J connectivity index is 2.40. The second-order valence-corrected chi connectivity index (χ2v) is 7.65. The second kappa shape index (κ2) is 7.99. The minimum Gasteiger partial charge on any atom is -0.444 e. The summed E-state index contributed by atoms with van der Waals surface area (Å²) in [7, 11) is 0. The first kappa shape index (κ1) is 18.2. The van der Waals surface area contributed by atoms with Crippen LogP contribution in [0.5, 0.6) is 0 Å². The van der Waals surface area contributed by atoms with Crippen LogP contribution in [-0.4, -0.2) is 36.4 Å². The molecule has 1 rings (SSSR count). The summed E-state index contributed by atoms with van der Waals surface area (Å²) < 4.78 is 5.28. The first-order valence-corrected chi connectivity index (χ1v) is 8.14. The molecule has 5 nitrogen and oxygen atoms in total. The number of alkyl carbamates (subject to hydrolysis) is 1. The Labute approximate surface area is 129 Å². The minimum absolute atomic E-state index is 0.271. The highest BCUT2D eigenvalue weighted by atomic mass is 16.6. The fourth-order valence-electron chi connectivity index (χ4n) is 2.80. The normalized spacial score (nSPS) is 24.1.